The van der Waals surface area contributed by atoms with E-state index in [2.05, 4.69) is 51.2 Å². The van der Waals surface area contributed by atoms with E-state index in [-0.39, 0.29) is 61.7 Å². The van der Waals surface area contributed by atoms with Crippen LogP contribution in [0.2, 0.25) is 0 Å². The van der Waals surface area contributed by atoms with Gasteiger partial charge in [0.2, 0.25) is 35.7 Å². The molecular weight excluding hydrogens is 817 g/mol. The van der Waals surface area contributed by atoms with Gasteiger partial charge in [-0.05, 0) is 53.6 Å². The summed E-state index contributed by atoms with van der Waals surface area (Å²) in [7, 11) is -7.79. The van der Waals surface area contributed by atoms with Gasteiger partial charge in [0, 0.05) is 56.4 Å². The van der Waals surface area contributed by atoms with Crippen molar-refractivity contribution in [2.75, 3.05) is 71.5 Å². The van der Waals surface area contributed by atoms with E-state index in [1.165, 1.54) is 23.1 Å². The number of hydrogen-bond donors (Lipinski definition) is 8. The molecule has 60 heavy (non-hydrogen) atoms. The quantitative estimate of drug-likeness (QED) is 0.0579. The molecule has 20 nitrogen and oxygen atoms in total. The lowest BCUT2D eigenvalue weighted by Gasteiger charge is -2.32. The Balaban J connectivity index is 1.27. The van der Waals surface area contributed by atoms with Crippen molar-refractivity contribution < 1.29 is 36.2 Å². The molecular formula is C38H42N12O8S2. The first-order valence-corrected chi connectivity index (χ1v) is 21.0. The third kappa shape index (κ3) is 10.4. The van der Waals surface area contributed by atoms with Crippen LogP contribution in [-0.2, 0) is 20.2 Å². The Morgan fingerprint density at radius 1 is 0.583 bits per heavy atom. The molecule has 5 aromatic rings. The molecule has 0 bridgehead atoms. The Bertz CT molecular complexity index is 2570. The summed E-state index contributed by atoms with van der Waals surface area (Å²) >= 11 is 0. The molecule has 1 aliphatic carbocycles. The van der Waals surface area contributed by atoms with Crippen molar-refractivity contribution in [2.24, 2.45) is 0 Å². The number of nitrogens with one attached hydrogen (secondary N) is 4. The van der Waals surface area contributed by atoms with Crippen LogP contribution >= 0.6 is 0 Å². The van der Waals surface area contributed by atoms with Crippen molar-refractivity contribution in [3.63, 3.8) is 0 Å². The fourth-order valence-corrected chi connectivity index (χ4v) is 8.45. The molecule has 0 unspecified atom stereocenters. The van der Waals surface area contributed by atoms with Crippen LogP contribution in [0.15, 0.2) is 114 Å². The zero-order valence-electron chi connectivity index (χ0n) is 32.2. The molecule has 2 heterocycles. The maximum absolute atomic E-state index is 13.1. The van der Waals surface area contributed by atoms with Gasteiger partial charge in [-0.15, -0.1) is 0 Å². The average molecular weight is 859 g/mol. The van der Waals surface area contributed by atoms with E-state index >= 15 is 0 Å². The van der Waals surface area contributed by atoms with E-state index < -0.39 is 36.3 Å². The van der Waals surface area contributed by atoms with Gasteiger partial charge in [0.15, 0.2) is 0 Å². The van der Waals surface area contributed by atoms with Crippen LogP contribution in [0.1, 0.15) is 12.0 Å². The van der Waals surface area contributed by atoms with Crippen LogP contribution < -0.4 is 31.1 Å². The topological polar surface area (TPSA) is 281 Å². The number of hydrogen-bond acceptors (Lipinski definition) is 18. The second-order valence-electron chi connectivity index (χ2n) is 13.2. The van der Waals surface area contributed by atoms with E-state index in [9.17, 15) is 36.2 Å². The zero-order valence-corrected chi connectivity index (χ0v) is 33.9. The monoisotopic (exact) mass is 858 g/mol. The second kappa shape index (κ2) is 18.6. The van der Waals surface area contributed by atoms with Gasteiger partial charge in [0.25, 0.3) is 24.3 Å². The lowest BCUT2D eigenvalue weighted by atomic mass is 9.99. The standard InChI is InChI=1S/C38H42N12O8S2/c1-49(21-23-51)36-45-32(39-28-9-5-3-6-10-28)43-34(47-36)41-30-18-14-26(15-19-30)13-16-27-17-20-31(25-38(27,59(53,54)55)60(56,57)58)42-35-44-33(40-29-11-7-4-8-12-29)46-37(48-35)50(2)22-24-52/h3-20,51-52H,21-25H2,1-2H3,(H,53,54,55)(H,56,57,58)(H2,39,41,43,45,47)(H2,40,42,44,46,48). The summed E-state index contributed by atoms with van der Waals surface area (Å²) in [5, 5.41) is 31.0. The molecule has 0 saturated carbocycles. The number of anilines is 9. The summed E-state index contributed by atoms with van der Waals surface area (Å²) < 4.78 is 70.0. The Hall–Kier alpha value is -6.56. The van der Waals surface area contributed by atoms with Crippen LogP contribution in [-0.4, -0.2) is 111 Å². The predicted octanol–water partition coefficient (Wildman–Crippen LogP) is 3.96. The van der Waals surface area contributed by atoms with Crippen molar-refractivity contribution in [3.05, 3.63) is 120 Å². The zero-order chi connectivity index (χ0) is 42.9. The van der Waals surface area contributed by atoms with Crippen LogP contribution in [0.4, 0.5) is 52.8 Å². The number of aliphatic hydroxyl groups is 2. The minimum atomic E-state index is -5.57. The Labute approximate surface area is 346 Å². The number of para-hydroxylation sites is 2. The van der Waals surface area contributed by atoms with Gasteiger partial charge in [0.05, 0.1) is 13.2 Å². The number of aromatic nitrogens is 6. The number of aliphatic hydroxyl groups excluding tert-OH is 2. The highest BCUT2D eigenvalue weighted by atomic mass is 32.3. The molecule has 0 fully saturated rings. The summed E-state index contributed by atoms with van der Waals surface area (Å²) in [5.41, 5.74) is 1.88. The van der Waals surface area contributed by atoms with Crippen molar-refractivity contribution >= 4 is 79.1 Å². The summed E-state index contributed by atoms with van der Waals surface area (Å²) in [6, 6.07) is 24.8. The second-order valence-corrected chi connectivity index (χ2v) is 16.8. The van der Waals surface area contributed by atoms with Gasteiger partial charge in [0.1, 0.15) is 0 Å². The average Bonchev–Trinajstić information content (AvgIpc) is 3.21. The van der Waals surface area contributed by atoms with Crippen molar-refractivity contribution in [1.29, 1.82) is 0 Å². The molecule has 6 rings (SSSR count). The molecule has 0 amide bonds. The largest absolute Gasteiger partial charge is 0.395 e. The molecule has 314 valence electrons. The normalized spacial score (nSPS) is 13.9. The van der Waals surface area contributed by atoms with Crippen LogP contribution in [0.3, 0.4) is 0 Å². The third-order valence-corrected chi connectivity index (χ3v) is 12.6. The summed E-state index contributed by atoms with van der Waals surface area (Å²) in [4.78, 5) is 29.6. The minimum Gasteiger partial charge on any atom is -0.395 e. The molecule has 0 atom stereocenters. The van der Waals surface area contributed by atoms with E-state index in [4.69, 9.17) is 0 Å². The van der Waals surface area contributed by atoms with E-state index in [0.29, 0.717) is 22.9 Å². The highest BCUT2D eigenvalue weighted by molar-refractivity contribution is 8.05. The molecule has 0 aliphatic heterocycles. The van der Waals surface area contributed by atoms with E-state index in [0.717, 1.165) is 11.8 Å². The highest BCUT2D eigenvalue weighted by Gasteiger charge is 2.58. The molecule has 3 aromatic carbocycles. The molecule has 0 saturated heterocycles. The first-order valence-electron chi connectivity index (χ1n) is 18.2. The Morgan fingerprint density at radius 2 is 1.00 bits per heavy atom. The SMILES string of the molecule is CN(CCO)c1nc(NC2=CC=C(C=Cc3ccc(Nc4nc(Nc5ccccc5)nc(N(C)CCO)n4)cc3)C(S(=O)(=O)O)(S(=O)(=O)O)C2)nc(Nc2ccccc2)n1. The first kappa shape index (κ1) is 43.0. The maximum atomic E-state index is 13.1. The smallest absolute Gasteiger partial charge is 0.292 e. The highest BCUT2D eigenvalue weighted by Crippen LogP contribution is 2.42. The number of nitrogens with zero attached hydrogens (tertiary/aromatic N) is 8. The number of rotatable bonds is 18. The number of allylic oxidation sites excluding steroid dienone is 4. The van der Waals surface area contributed by atoms with Crippen molar-refractivity contribution in [3.8, 4) is 0 Å². The van der Waals surface area contributed by atoms with Gasteiger partial charge in [-0.2, -0.15) is 46.7 Å². The van der Waals surface area contributed by atoms with E-state index in [1.807, 2.05) is 36.4 Å². The van der Waals surface area contributed by atoms with Gasteiger partial charge >= 0.3 is 0 Å². The van der Waals surface area contributed by atoms with Crippen molar-refractivity contribution in [2.45, 2.75) is 10.5 Å². The summed E-state index contributed by atoms with van der Waals surface area (Å²) in [6.45, 7) is 0.0854. The molecule has 8 N–H and O–H groups in total. The number of benzene rings is 3. The van der Waals surface area contributed by atoms with E-state index in [1.54, 1.807) is 67.5 Å². The summed E-state index contributed by atoms with van der Waals surface area (Å²) in [6.07, 6.45) is 4.13. The Morgan fingerprint density at radius 3 is 1.42 bits per heavy atom. The van der Waals surface area contributed by atoms with Crippen LogP contribution in [0.25, 0.3) is 6.08 Å². The molecule has 1 aliphatic rings. The van der Waals surface area contributed by atoms with Gasteiger partial charge in [-0.1, -0.05) is 66.8 Å². The summed E-state index contributed by atoms with van der Waals surface area (Å²) in [5.74, 6) is 0.781. The van der Waals surface area contributed by atoms with Gasteiger partial charge < -0.3 is 41.3 Å². The Kier molecular flexibility index (Phi) is 13.3. The fraction of sp³-hybridized carbons (Fsp3) is 0.211. The molecule has 2 aromatic heterocycles. The first-order chi connectivity index (χ1) is 28.7. The van der Waals surface area contributed by atoms with Crippen molar-refractivity contribution in [1.82, 2.24) is 29.9 Å². The minimum absolute atomic E-state index is 0.0691. The van der Waals surface area contributed by atoms with Crippen LogP contribution in [0, 0.1) is 0 Å². The molecule has 22 heteroatoms. The molecule has 0 spiro atoms. The number of likely N-dealkylation sites (N-methyl/N-ethyl adjacent to an activating group) is 2. The van der Waals surface area contributed by atoms with Gasteiger partial charge in [-0.3, -0.25) is 9.11 Å². The predicted molar refractivity (Wildman–Crippen MR) is 229 cm³/mol. The lowest BCUT2D eigenvalue weighted by molar-refractivity contribution is 0.303. The maximum Gasteiger partial charge on any atom is 0.292 e. The van der Waals surface area contributed by atoms with Gasteiger partial charge in [-0.25, -0.2) is 0 Å². The fourth-order valence-electron chi connectivity index (χ4n) is 5.84. The van der Waals surface area contributed by atoms with Crippen LogP contribution in [0.5, 0.6) is 0 Å². The third-order valence-electron chi connectivity index (χ3n) is 8.92. The molecule has 0 radical (unpaired) electrons. The lowest BCUT2D eigenvalue weighted by Crippen LogP contribution is -2.49.